The molecule has 0 aliphatic heterocycles. The van der Waals surface area contributed by atoms with Crippen molar-refractivity contribution in [2.24, 2.45) is 5.41 Å². The Morgan fingerprint density at radius 2 is 1.55 bits per heavy atom. The molecule has 0 rings (SSSR count). The minimum atomic E-state index is -4.48. The van der Waals surface area contributed by atoms with Crippen LogP contribution in [0.4, 0.5) is 0 Å². The highest BCUT2D eigenvalue weighted by molar-refractivity contribution is 7.80. The van der Waals surface area contributed by atoms with Crippen molar-refractivity contribution in [1.82, 2.24) is 9.80 Å². The standard InChI is InChI=1S/C14H30N2O5S/c1-13(2,3)12(17)16(10-11-21-22(18,19)20)9-8-15(7)14(4,5)6/h8-11H2,1-7H3,(H,18,19,20). The van der Waals surface area contributed by atoms with Gasteiger partial charge in [-0.05, 0) is 27.8 Å². The summed E-state index contributed by atoms with van der Waals surface area (Å²) >= 11 is 0. The molecule has 1 N–H and O–H groups in total. The van der Waals surface area contributed by atoms with Gasteiger partial charge in [0.05, 0.1) is 6.61 Å². The predicted molar refractivity (Wildman–Crippen MR) is 85.9 cm³/mol. The molecular weight excluding hydrogens is 308 g/mol. The third-order valence-corrected chi connectivity index (χ3v) is 3.84. The van der Waals surface area contributed by atoms with Crippen molar-refractivity contribution < 1.29 is 21.9 Å². The van der Waals surface area contributed by atoms with Crippen LogP contribution in [-0.2, 0) is 19.4 Å². The Morgan fingerprint density at radius 1 is 1.05 bits per heavy atom. The molecule has 0 saturated heterocycles. The topological polar surface area (TPSA) is 87.2 Å². The largest absolute Gasteiger partial charge is 0.397 e. The molecule has 0 aromatic rings. The lowest BCUT2D eigenvalue weighted by molar-refractivity contribution is -0.140. The Kier molecular flexibility index (Phi) is 7.47. The smallest absolute Gasteiger partial charge is 0.339 e. The molecule has 132 valence electrons. The van der Waals surface area contributed by atoms with E-state index in [9.17, 15) is 13.2 Å². The minimum absolute atomic E-state index is 0.0264. The summed E-state index contributed by atoms with van der Waals surface area (Å²) in [6.07, 6.45) is 0. The lowest BCUT2D eigenvalue weighted by Gasteiger charge is -2.35. The molecule has 22 heavy (non-hydrogen) atoms. The van der Waals surface area contributed by atoms with Crippen molar-refractivity contribution in [1.29, 1.82) is 0 Å². The van der Waals surface area contributed by atoms with Crippen molar-refractivity contribution in [2.45, 2.75) is 47.1 Å². The number of likely N-dealkylation sites (N-methyl/N-ethyl adjacent to an activating group) is 1. The quantitative estimate of drug-likeness (QED) is 0.706. The van der Waals surface area contributed by atoms with Gasteiger partial charge in [-0.1, -0.05) is 20.8 Å². The third-order valence-electron chi connectivity index (χ3n) is 3.37. The molecule has 0 saturated carbocycles. The van der Waals surface area contributed by atoms with Gasteiger partial charge in [0.15, 0.2) is 0 Å². The first-order chi connectivity index (χ1) is 9.64. The van der Waals surface area contributed by atoms with Gasteiger partial charge in [0, 0.05) is 30.6 Å². The van der Waals surface area contributed by atoms with E-state index in [0.29, 0.717) is 13.1 Å². The highest BCUT2D eigenvalue weighted by atomic mass is 32.3. The van der Waals surface area contributed by atoms with Gasteiger partial charge in [-0.2, -0.15) is 8.42 Å². The normalized spacial score (nSPS) is 13.5. The average molecular weight is 338 g/mol. The SMILES string of the molecule is CN(CCN(CCOS(=O)(=O)O)C(=O)C(C)(C)C)C(C)(C)C. The summed E-state index contributed by atoms with van der Waals surface area (Å²) in [5.74, 6) is -0.0891. The maximum atomic E-state index is 12.4. The van der Waals surface area contributed by atoms with E-state index in [0.717, 1.165) is 0 Å². The molecule has 0 aliphatic carbocycles. The summed E-state index contributed by atoms with van der Waals surface area (Å²) in [7, 11) is -2.52. The van der Waals surface area contributed by atoms with E-state index in [1.165, 1.54) is 0 Å². The number of hydrogen-bond donors (Lipinski definition) is 1. The summed E-state index contributed by atoms with van der Waals surface area (Å²) in [5.41, 5.74) is -0.597. The number of nitrogens with zero attached hydrogens (tertiary/aromatic N) is 2. The fraction of sp³-hybridized carbons (Fsp3) is 0.929. The van der Waals surface area contributed by atoms with Crippen LogP contribution in [0.25, 0.3) is 0 Å². The van der Waals surface area contributed by atoms with Crippen molar-refractivity contribution >= 4 is 16.3 Å². The Labute approximate surface area is 134 Å². The van der Waals surface area contributed by atoms with E-state index in [1.54, 1.807) is 25.7 Å². The van der Waals surface area contributed by atoms with Crippen LogP contribution in [0.1, 0.15) is 41.5 Å². The number of carbonyl (C=O) groups excluding carboxylic acids is 1. The van der Waals surface area contributed by atoms with Crippen molar-refractivity contribution in [3.8, 4) is 0 Å². The fourth-order valence-corrected chi connectivity index (χ4v) is 1.93. The monoisotopic (exact) mass is 338 g/mol. The molecule has 0 aromatic heterocycles. The summed E-state index contributed by atoms with van der Waals surface area (Å²) < 4.78 is 34.1. The molecule has 0 atom stereocenters. The van der Waals surface area contributed by atoms with E-state index in [-0.39, 0.29) is 24.6 Å². The zero-order valence-corrected chi connectivity index (χ0v) is 15.5. The van der Waals surface area contributed by atoms with E-state index < -0.39 is 15.8 Å². The second-order valence-corrected chi connectivity index (χ2v) is 8.48. The van der Waals surface area contributed by atoms with Crippen LogP contribution in [0.5, 0.6) is 0 Å². The first-order valence-corrected chi connectivity index (χ1v) is 8.63. The van der Waals surface area contributed by atoms with Crippen LogP contribution in [0.3, 0.4) is 0 Å². The third kappa shape index (κ3) is 8.67. The first kappa shape index (κ1) is 21.3. The number of carbonyl (C=O) groups is 1. The number of rotatable bonds is 7. The Hall–Kier alpha value is -0.700. The maximum Gasteiger partial charge on any atom is 0.397 e. The average Bonchev–Trinajstić information content (AvgIpc) is 2.28. The molecule has 8 heteroatoms. The van der Waals surface area contributed by atoms with Crippen molar-refractivity contribution in [2.75, 3.05) is 33.3 Å². The highest BCUT2D eigenvalue weighted by Crippen LogP contribution is 2.18. The van der Waals surface area contributed by atoms with Gasteiger partial charge in [-0.25, -0.2) is 4.18 Å². The molecular formula is C14H30N2O5S. The molecule has 1 amide bonds. The predicted octanol–water partition coefficient (Wildman–Crippen LogP) is 1.41. The fourth-order valence-electron chi connectivity index (χ4n) is 1.65. The van der Waals surface area contributed by atoms with Gasteiger partial charge < -0.3 is 4.90 Å². The Morgan fingerprint density at radius 3 is 1.91 bits per heavy atom. The van der Waals surface area contributed by atoms with Gasteiger partial charge in [0.2, 0.25) is 5.91 Å². The second kappa shape index (κ2) is 7.72. The van der Waals surface area contributed by atoms with Gasteiger partial charge in [0.1, 0.15) is 0 Å². The maximum absolute atomic E-state index is 12.4. The number of hydrogen-bond acceptors (Lipinski definition) is 5. The van der Waals surface area contributed by atoms with Crippen LogP contribution in [0.15, 0.2) is 0 Å². The van der Waals surface area contributed by atoms with E-state index >= 15 is 0 Å². The minimum Gasteiger partial charge on any atom is -0.339 e. The van der Waals surface area contributed by atoms with Crippen molar-refractivity contribution in [3.63, 3.8) is 0 Å². The molecule has 0 radical (unpaired) electrons. The van der Waals surface area contributed by atoms with Gasteiger partial charge in [-0.3, -0.25) is 14.2 Å². The molecule has 0 aliphatic rings. The Bertz CT molecular complexity index is 463. The summed E-state index contributed by atoms with van der Waals surface area (Å²) in [6.45, 7) is 12.6. The molecule has 0 bridgehead atoms. The molecule has 0 spiro atoms. The zero-order valence-electron chi connectivity index (χ0n) is 14.7. The van der Waals surface area contributed by atoms with Gasteiger partial charge >= 0.3 is 10.4 Å². The van der Waals surface area contributed by atoms with Gasteiger partial charge in [0.25, 0.3) is 0 Å². The lowest BCUT2D eigenvalue weighted by Crippen LogP contribution is -2.47. The highest BCUT2D eigenvalue weighted by Gasteiger charge is 2.28. The summed E-state index contributed by atoms with van der Waals surface area (Å²) in [6, 6.07) is 0. The van der Waals surface area contributed by atoms with Gasteiger partial charge in [-0.15, -0.1) is 0 Å². The van der Waals surface area contributed by atoms with Crippen LogP contribution < -0.4 is 0 Å². The summed E-state index contributed by atoms with van der Waals surface area (Å²) in [5, 5.41) is 0. The molecule has 0 unspecified atom stereocenters. The zero-order chi connectivity index (χ0) is 17.8. The molecule has 0 fully saturated rings. The van der Waals surface area contributed by atoms with Crippen LogP contribution in [0, 0.1) is 5.41 Å². The van der Waals surface area contributed by atoms with Crippen LogP contribution in [0.2, 0.25) is 0 Å². The molecule has 7 nitrogen and oxygen atoms in total. The molecule has 0 aromatic carbocycles. The van der Waals surface area contributed by atoms with Crippen molar-refractivity contribution in [3.05, 3.63) is 0 Å². The van der Waals surface area contributed by atoms with E-state index in [2.05, 4.69) is 29.9 Å². The van der Waals surface area contributed by atoms with Crippen LogP contribution in [-0.4, -0.2) is 67.5 Å². The Balaban J connectivity index is 4.77. The molecule has 0 heterocycles. The lowest BCUT2D eigenvalue weighted by atomic mass is 9.94. The van der Waals surface area contributed by atoms with E-state index in [1.807, 2.05) is 7.05 Å². The van der Waals surface area contributed by atoms with Crippen LogP contribution >= 0.6 is 0 Å². The number of amides is 1. The first-order valence-electron chi connectivity index (χ1n) is 7.27. The summed E-state index contributed by atoms with van der Waals surface area (Å²) in [4.78, 5) is 16.1. The van der Waals surface area contributed by atoms with E-state index in [4.69, 9.17) is 4.55 Å². The second-order valence-electron chi connectivity index (χ2n) is 7.38.